The lowest BCUT2D eigenvalue weighted by atomic mass is 10.2. The minimum Gasteiger partial charge on any atom is -0.368 e. The van der Waals surface area contributed by atoms with Gasteiger partial charge in [-0.1, -0.05) is 6.92 Å². The zero-order chi connectivity index (χ0) is 15.1. The van der Waals surface area contributed by atoms with Gasteiger partial charge >= 0.3 is 0 Å². The minimum absolute atomic E-state index is 0.0791. The Morgan fingerprint density at radius 2 is 2.24 bits per heavy atom. The summed E-state index contributed by atoms with van der Waals surface area (Å²) in [6.07, 6.45) is 0.884. The van der Waals surface area contributed by atoms with Crippen molar-refractivity contribution in [2.24, 2.45) is 0 Å². The average Bonchev–Trinajstić information content (AvgIpc) is 2.84. The van der Waals surface area contributed by atoms with Crippen LogP contribution in [0.4, 0.5) is 11.8 Å². The normalized spacial score (nSPS) is 19.1. The monoisotopic (exact) mass is 305 g/mol. The molecule has 7 nitrogen and oxygen atoms in total. The van der Waals surface area contributed by atoms with Gasteiger partial charge in [0.05, 0.1) is 11.9 Å². The molecule has 8 heteroatoms. The average molecular weight is 305 g/mol. The number of hydrogen-bond donors (Lipinski definition) is 2. The van der Waals surface area contributed by atoms with Crippen LogP contribution in [0.1, 0.15) is 18.7 Å². The maximum Gasteiger partial charge on any atom is 0.249 e. The summed E-state index contributed by atoms with van der Waals surface area (Å²) in [6, 6.07) is 1.52. The first kappa shape index (κ1) is 13.7. The van der Waals surface area contributed by atoms with Gasteiger partial charge in [0, 0.05) is 4.88 Å². The third-order valence-corrected chi connectivity index (χ3v) is 4.66. The highest BCUT2D eigenvalue weighted by Crippen LogP contribution is 2.33. The van der Waals surface area contributed by atoms with E-state index in [0.29, 0.717) is 5.82 Å². The van der Waals surface area contributed by atoms with Gasteiger partial charge in [-0.2, -0.15) is 4.98 Å². The first-order chi connectivity index (χ1) is 9.99. The fourth-order valence-electron chi connectivity index (χ4n) is 2.34. The molecule has 1 aliphatic heterocycles. The summed E-state index contributed by atoms with van der Waals surface area (Å²) in [5, 5.41) is 3.15. The number of fused-ring (bicyclic) bond motifs is 1. The Kier molecular flexibility index (Phi) is 3.25. The second kappa shape index (κ2) is 4.96. The number of anilines is 2. The van der Waals surface area contributed by atoms with Gasteiger partial charge in [0.1, 0.15) is 16.7 Å². The predicted molar refractivity (Wildman–Crippen MR) is 81.2 cm³/mol. The van der Waals surface area contributed by atoms with Crippen molar-refractivity contribution in [3.8, 4) is 0 Å². The van der Waals surface area contributed by atoms with E-state index in [4.69, 9.17) is 5.73 Å². The fourth-order valence-corrected chi connectivity index (χ4v) is 3.31. The zero-order valence-corrected chi connectivity index (χ0v) is 12.5. The van der Waals surface area contributed by atoms with Crippen LogP contribution in [0.15, 0.2) is 6.07 Å². The van der Waals surface area contributed by atoms with Crippen molar-refractivity contribution in [1.82, 2.24) is 15.3 Å². The number of thiophene rings is 1. The number of nitrogens with zero attached hydrogens (tertiary/aromatic N) is 3. The van der Waals surface area contributed by atoms with Gasteiger partial charge in [0.2, 0.25) is 17.8 Å². The molecule has 1 saturated heterocycles. The molecule has 3 heterocycles. The number of nitrogens with one attached hydrogen (secondary N) is 1. The molecule has 1 aliphatic rings. The van der Waals surface area contributed by atoms with Crippen molar-refractivity contribution < 1.29 is 9.59 Å². The molecule has 0 radical (unpaired) electrons. The highest BCUT2D eigenvalue weighted by molar-refractivity contribution is 7.18. The SMILES string of the molecule is CCc1cc2c(N3CC(=O)NC(=O)C3C)nc(N)nc2s1. The van der Waals surface area contributed by atoms with Crippen LogP contribution in [-0.4, -0.2) is 34.4 Å². The number of piperazine rings is 1. The summed E-state index contributed by atoms with van der Waals surface area (Å²) < 4.78 is 0. The van der Waals surface area contributed by atoms with Crippen LogP contribution in [0, 0.1) is 0 Å². The number of aryl methyl sites for hydroxylation is 1. The van der Waals surface area contributed by atoms with Gasteiger partial charge in [0.15, 0.2) is 0 Å². The first-order valence-electron chi connectivity index (χ1n) is 6.66. The van der Waals surface area contributed by atoms with Crippen LogP contribution in [0.5, 0.6) is 0 Å². The number of nitrogen functional groups attached to an aromatic ring is 1. The number of carbonyl (C=O) groups excluding carboxylic acids is 2. The topological polar surface area (TPSA) is 101 Å². The standard InChI is InChI=1S/C13H15N5O2S/c1-3-7-4-8-10(16-13(14)17-12(8)21-7)18-5-9(19)15-11(20)6(18)2/h4,6H,3,5H2,1-2H3,(H2,14,16,17)(H,15,19,20). The summed E-state index contributed by atoms with van der Waals surface area (Å²) in [6.45, 7) is 3.87. The Labute approximate surface area is 125 Å². The molecule has 1 unspecified atom stereocenters. The molecular formula is C13H15N5O2S. The van der Waals surface area contributed by atoms with E-state index in [2.05, 4.69) is 22.2 Å². The summed E-state index contributed by atoms with van der Waals surface area (Å²) in [4.78, 5) is 35.6. The molecule has 2 aromatic heterocycles. The molecule has 3 rings (SSSR count). The van der Waals surface area contributed by atoms with Crippen LogP contribution in [0.25, 0.3) is 10.2 Å². The molecule has 0 bridgehead atoms. The zero-order valence-electron chi connectivity index (χ0n) is 11.7. The molecule has 21 heavy (non-hydrogen) atoms. The van der Waals surface area contributed by atoms with Crippen LogP contribution in [0.2, 0.25) is 0 Å². The second-order valence-electron chi connectivity index (χ2n) is 4.91. The molecule has 1 fully saturated rings. The van der Waals surface area contributed by atoms with E-state index in [-0.39, 0.29) is 24.3 Å². The van der Waals surface area contributed by atoms with Gasteiger partial charge < -0.3 is 10.6 Å². The molecule has 0 saturated carbocycles. The van der Waals surface area contributed by atoms with Gasteiger partial charge in [-0.05, 0) is 19.4 Å². The Hall–Kier alpha value is -2.22. The highest BCUT2D eigenvalue weighted by Gasteiger charge is 2.32. The number of aromatic nitrogens is 2. The third kappa shape index (κ3) is 2.31. The molecule has 110 valence electrons. The van der Waals surface area contributed by atoms with Crippen LogP contribution < -0.4 is 16.0 Å². The maximum atomic E-state index is 11.8. The Bertz CT molecular complexity index is 741. The second-order valence-corrected chi connectivity index (χ2v) is 6.02. The lowest BCUT2D eigenvalue weighted by molar-refractivity contribution is -0.132. The molecule has 0 spiro atoms. The summed E-state index contributed by atoms with van der Waals surface area (Å²) in [7, 11) is 0. The van der Waals surface area contributed by atoms with Gasteiger partial charge in [0.25, 0.3) is 0 Å². The number of nitrogens with two attached hydrogens (primary N) is 1. The van der Waals surface area contributed by atoms with E-state index < -0.39 is 6.04 Å². The van der Waals surface area contributed by atoms with Crippen LogP contribution in [-0.2, 0) is 16.0 Å². The molecule has 2 aromatic rings. The quantitative estimate of drug-likeness (QED) is 0.792. The van der Waals surface area contributed by atoms with Crippen molar-refractivity contribution in [3.63, 3.8) is 0 Å². The Morgan fingerprint density at radius 1 is 1.48 bits per heavy atom. The van der Waals surface area contributed by atoms with Crippen molar-refractivity contribution >= 4 is 45.1 Å². The van der Waals surface area contributed by atoms with Crippen molar-refractivity contribution in [2.45, 2.75) is 26.3 Å². The summed E-state index contributed by atoms with van der Waals surface area (Å²) >= 11 is 1.55. The van der Waals surface area contributed by atoms with E-state index in [1.165, 1.54) is 0 Å². The van der Waals surface area contributed by atoms with Crippen molar-refractivity contribution in [1.29, 1.82) is 0 Å². The Morgan fingerprint density at radius 3 is 2.95 bits per heavy atom. The number of amides is 2. The highest BCUT2D eigenvalue weighted by atomic mass is 32.1. The third-order valence-electron chi connectivity index (χ3n) is 3.48. The van der Waals surface area contributed by atoms with Crippen molar-refractivity contribution in [3.05, 3.63) is 10.9 Å². The summed E-state index contributed by atoms with van der Waals surface area (Å²) in [5.74, 6) is 0.0219. The molecule has 2 amide bonds. The Balaban J connectivity index is 2.16. The predicted octanol–water partition coefficient (Wildman–Crippen LogP) is 0.687. The fraction of sp³-hybridized carbons (Fsp3) is 0.385. The lowest BCUT2D eigenvalue weighted by Gasteiger charge is -2.32. The van der Waals surface area contributed by atoms with E-state index in [1.54, 1.807) is 23.2 Å². The van der Waals surface area contributed by atoms with Crippen molar-refractivity contribution in [2.75, 3.05) is 17.2 Å². The van der Waals surface area contributed by atoms with Crippen LogP contribution in [0.3, 0.4) is 0 Å². The number of imide groups is 1. The smallest absolute Gasteiger partial charge is 0.249 e. The largest absolute Gasteiger partial charge is 0.368 e. The van der Waals surface area contributed by atoms with E-state index >= 15 is 0 Å². The number of carbonyl (C=O) groups is 2. The molecule has 3 N–H and O–H groups in total. The molecule has 0 aromatic carbocycles. The van der Waals surface area contributed by atoms with E-state index in [0.717, 1.165) is 21.5 Å². The van der Waals surface area contributed by atoms with E-state index in [1.807, 2.05) is 6.07 Å². The minimum atomic E-state index is -0.481. The lowest BCUT2D eigenvalue weighted by Crippen LogP contribution is -2.57. The molecular weight excluding hydrogens is 290 g/mol. The van der Waals surface area contributed by atoms with Gasteiger partial charge in [-0.3, -0.25) is 14.9 Å². The molecule has 0 aliphatic carbocycles. The number of rotatable bonds is 2. The number of hydrogen-bond acceptors (Lipinski definition) is 7. The van der Waals surface area contributed by atoms with E-state index in [9.17, 15) is 9.59 Å². The first-order valence-corrected chi connectivity index (χ1v) is 7.47. The van der Waals surface area contributed by atoms with Gasteiger partial charge in [-0.15, -0.1) is 11.3 Å². The van der Waals surface area contributed by atoms with Crippen LogP contribution >= 0.6 is 11.3 Å². The van der Waals surface area contributed by atoms with Gasteiger partial charge in [-0.25, -0.2) is 4.98 Å². The molecule has 1 atom stereocenters. The summed E-state index contributed by atoms with van der Waals surface area (Å²) in [5.41, 5.74) is 5.77. The maximum absolute atomic E-state index is 11.8.